The molecule has 3 rings (SSSR count). The number of benzene rings is 2. The van der Waals surface area contributed by atoms with E-state index in [1.807, 2.05) is 18.2 Å². The Morgan fingerprint density at radius 1 is 1.21 bits per heavy atom. The normalized spacial score (nSPS) is 16.0. The SMILES string of the molecule is O=C1CC(C(=O)NCCOc2ccc(Cl)cc2)c2ccccc2N1. The van der Waals surface area contributed by atoms with Crippen LogP contribution in [0.5, 0.6) is 5.75 Å². The molecule has 2 amide bonds. The van der Waals surface area contributed by atoms with Crippen LogP contribution in [-0.2, 0) is 9.59 Å². The lowest BCUT2D eigenvalue weighted by Crippen LogP contribution is -2.36. The molecular formula is C18H17ClN2O3. The number of nitrogens with one attached hydrogen (secondary N) is 2. The first-order chi connectivity index (χ1) is 11.6. The molecule has 1 atom stereocenters. The second-order valence-corrected chi connectivity index (χ2v) is 5.92. The van der Waals surface area contributed by atoms with Crippen molar-refractivity contribution in [1.29, 1.82) is 0 Å². The van der Waals surface area contributed by atoms with Gasteiger partial charge < -0.3 is 15.4 Å². The van der Waals surface area contributed by atoms with Gasteiger partial charge in [-0.3, -0.25) is 9.59 Å². The number of anilines is 1. The lowest BCUT2D eigenvalue weighted by atomic mass is 9.90. The van der Waals surface area contributed by atoms with Crippen LogP contribution >= 0.6 is 11.6 Å². The third-order valence-electron chi connectivity index (χ3n) is 3.80. The highest BCUT2D eigenvalue weighted by atomic mass is 35.5. The molecule has 2 N–H and O–H groups in total. The molecule has 2 aromatic rings. The van der Waals surface area contributed by atoms with Gasteiger partial charge in [0.05, 0.1) is 12.5 Å². The Morgan fingerprint density at radius 2 is 1.96 bits per heavy atom. The van der Waals surface area contributed by atoms with Gasteiger partial charge in [-0.15, -0.1) is 0 Å². The van der Waals surface area contributed by atoms with Gasteiger partial charge in [-0.25, -0.2) is 0 Å². The maximum Gasteiger partial charge on any atom is 0.228 e. The van der Waals surface area contributed by atoms with Gasteiger partial charge in [-0.1, -0.05) is 29.8 Å². The summed E-state index contributed by atoms with van der Waals surface area (Å²) in [5, 5.41) is 6.25. The quantitative estimate of drug-likeness (QED) is 0.819. The number of ether oxygens (including phenoxy) is 1. The fourth-order valence-electron chi connectivity index (χ4n) is 2.64. The van der Waals surface area contributed by atoms with E-state index in [-0.39, 0.29) is 18.2 Å². The summed E-state index contributed by atoms with van der Waals surface area (Å²) in [6.07, 6.45) is 0.154. The Morgan fingerprint density at radius 3 is 2.75 bits per heavy atom. The highest BCUT2D eigenvalue weighted by molar-refractivity contribution is 6.30. The molecule has 0 spiro atoms. The summed E-state index contributed by atoms with van der Waals surface area (Å²) >= 11 is 5.81. The summed E-state index contributed by atoms with van der Waals surface area (Å²) in [5.74, 6) is -0.0928. The van der Waals surface area contributed by atoms with Crippen LogP contribution in [0.15, 0.2) is 48.5 Å². The van der Waals surface area contributed by atoms with Crippen molar-refractivity contribution in [1.82, 2.24) is 5.32 Å². The van der Waals surface area contributed by atoms with Crippen LogP contribution < -0.4 is 15.4 Å². The molecule has 2 aromatic carbocycles. The van der Waals surface area contributed by atoms with E-state index in [0.717, 1.165) is 5.56 Å². The highest BCUT2D eigenvalue weighted by Gasteiger charge is 2.30. The minimum atomic E-state index is -0.467. The average molecular weight is 345 g/mol. The van der Waals surface area contributed by atoms with Crippen LogP contribution in [0.3, 0.4) is 0 Å². The maximum atomic E-state index is 12.4. The molecule has 24 heavy (non-hydrogen) atoms. The van der Waals surface area contributed by atoms with E-state index in [4.69, 9.17) is 16.3 Å². The number of amides is 2. The van der Waals surface area contributed by atoms with Crippen molar-refractivity contribution < 1.29 is 14.3 Å². The highest BCUT2D eigenvalue weighted by Crippen LogP contribution is 2.31. The predicted octanol–water partition coefficient (Wildman–Crippen LogP) is 2.96. The molecule has 1 heterocycles. The Hall–Kier alpha value is -2.53. The van der Waals surface area contributed by atoms with Crippen molar-refractivity contribution in [3.8, 4) is 5.75 Å². The molecule has 0 aliphatic carbocycles. The van der Waals surface area contributed by atoms with Crippen molar-refractivity contribution in [2.45, 2.75) is 12.3 Å². The van der Waals surface area contributed by atoms with E-state index in [0.29, 0.717) is 29.6 Å². The molecule has 5 nitrogen and oxygen atoms in total. The largest absolute Gasteiger partial charge is 0.492 e. The monoisotopic (exact) mass is 344 g/mol. The molecule has 0 radical (unpaired) electrons. The zero-order chi connectivity index (χ0) is 16.9. The molecule has 0 saturated heterocycles. The lowest BCUT2D eigenvalue weighted by molar-refractivity contribution is -0.126. The van der Waals surface area contributed by atoms with E-state index in [1.165, 1.54) is 0 Å². The number of halogens is 1. The minimum Gasteiger partial charge on any atom is -0.492 e. The van der Waals surface area contributed by atoms with Crippen molar-refractivity contribution in [2.75, 3.05) is 18.5 Å². The number of hydrogen-bond donors (Lipinski definition) is 2. The second kappa shape index (κ2) is 7.36. The van der Waals surface area contributed by atoms with Crippen LogP contribution in [0, 0.1) is 0 Å². The maximum absolute atomic E-state index is 12.4. The van der Waals surface area contributed by atoms with Gasteiger partial charge in [0.2, 0.25) is 11.8 Å². The van der Waals surface area contributed by atoms with Crippen LogP contribution in [0.4, 0.5) is 5.69 Å². The third-order valence-corrected chi connectivity index (χ3v) is 4.05. The van der Waals surface area contributed by atoms with Crippen molar-refractivity contribution >= 4 is 29.1 Å². The van der Waals surface area contributed by atoms with Gasteiger partial charge in [0.1, 0.15) is 12.4 Å². The Balaban J connectivity index is 1.54. The van der Waals surface area contributed by atoms with Gasteiger partial charge in [-0.05, 0) is 35.9 Å². The first-order valence-electron chi connectivity index (χ1n) is 7.68. The van der Waals surface area contributed by atoms with Crippen LogP contribution in [-0.4, -0.2) is 25.0 Å². The van der Waals surface area contributed by atoms with E-state index in [9.17, 15) is 9.59 Å². The molecule has 1 unspecified atom stereocenters. The summed E-state index contributed by atoms with van der Waals surface area (Å²) in [7, 11) is 0. The minimum absolute atomic E-state index is 0.147. The number of para-hydroxylation sites is 1. The molecule has 6 heteroatoms. The smallest absolute Gasteiger partial charge is 0.228 e. The molecule has 1 aliphatic rings. The third kappa shape index (κ3) is 3.86. The first-order valence-corrected chi connectivity index (χ1v) is 8.06. The second-order valence-electron chi connectivity index (χ2n) is 5.49. The summed E-state index contributed by atoms with van der Waals surface area (Å²) in [4.78, 5) is 24.2. The average Bonchev–Trinajstić information content (AvgIpc) is 2.59. The Bertz CT molecular complexity index is 746. The van der Waals surface area contributed by atoms with Gasteiger partial charge in [-0.2, -0.15) is 0 Å². The molecule has 0 fully saturated rings. The Labute approximate surface area is 145 Å². The number of hydrogen-bond acceptors (Lipinski definition) is 3. The summed E-state index contributed by atoms with van der Waals surface area (Å²) in [6, 6.07) is 14.4. The van der Waals surface area contributed by atoms with E-state index in [2.05, 4.69) is 10.6 Å². The van der Waals surface area contributed by atoms with E-state index >= 15 is 0 Å². The molecule has 0 saturated carbocycles. The summed E-state index contributed by atoms with van der Waals surface area (Å²) in [5.41, 5.74) is 1.54. The van der Waals surface area contributed by atoms with Gasteiger partial charge >= 0.3 is 0 Å². The topological polar surface area (TPSA) is 67.4 Å². The Kier molecular flexibility index (Phi) is 5.01. The zero-order valence-electron chi connectivity index (χ0n) is 12.9. The van der Waals surface area contributed by atoms with E-state index in [1.54, 1.807) is 30.3 Å². The fraction of sp³-hybridized carbons (Fsp3) is 0.222. The molecule has 1 aliphatic heterocycles. The molecular weight excluding hydrogens is 328 g/mol. The molecule has 0 bridgehead atoms. The standard InChI is InChI=1S/C18H17ClN2O3/c19-12-5-7-13(8-6-12)24-10-9-20-18(23)15-11-17(22)21-16-4-2-1-3-14(15)16/h1-8,15H,9-11H2,(H,20,23)(H,21,22). The molecule has 0 aromatic heterocycles. The van der Waals surface area contributed by atoms with E-state index < -0.39 is 5.92 Å². The number of carbonyl (C=O) groups is 2. The number of rotatable bonds is 5. The van der Waals surface area contributed by atoms with Crippen molar-refractivity contribution in [3.05, 3.63) is 59.1 Å². The number of carbonyl (C=O) groups excluding carboxylic acids is 2. The first kappa shape index (κ1) is 16.3. The van der Waals surface area contributed by atoms with Crippen molar-refractivity contribution in [2.24, 2.45) is 0 Å². The summed E-state index contributed by atoms with van der Waals surface area (Å²) < 4.78 is 5.54. The molecule has 124 valence electrons. The lowest BCUT2D eigenvalue weighted by Gasteiger charge is -2.24. The van der Waals surface area contributed by atoms with Crippen LogP contribution in [0.2, 0.25) is 5.02 Å². The number of fused-ring (bicyclic) bond motifs is 1. The van der Waals surface area contributed by atoms with Gasteiger partial charge in [0.25, 0.3) is 0 Å². The van der Waals surface area contributed by atoms with Crippen molar-refractivity contribution in [3.63, 3.8) is 0 Å². The zero-order valence-corrected chi connectivity index (χ0v) is 13.7. The van der Waals surface area contributed by atoms with Crippen LogP contribution in [0.25, 0.3) is 0 Å². The van der Waals surface area contributed by atoms with Gasteiger partial charge in [0.15, 0.2) is 0 Å². The predicted molar refractivity (Wildman–Crippen MR) is 92.4 cm³/mol. The van der Waals surface area contributed by atoms with Crippen LogP contribution in [0.1, 0.15) is 17.9 Å². The van der Waals surface area contributed by atoms with Gasteiger partial charge in [0, 0.05) is 17.1 Å². The summed E-state index contributed by atoms with van der Waals surface area (Å²) in [6.45, 7) is 0.704. The fourth-order valence-corrected chi connectivity index (χ4v) is 2.77.